The lowest BCUT2D eigenvalue weighted by Crippen LogP contribution is -2.56. The van der Waals surface area contributed by atoms with Crippen LogP contribution >= 0.6 is 0 Å². The van der Waals surface area contributed by atoms with Crippen molar-refractivity contribution < 1.29 is 56.1 Å². The Kier molecular flexibility index (Phi) is 11.6. The summed E-state index contributed by atoms with van der Waals surface area (Å²) in [6.45, 7) is 6.35. The fourth-order valence-electron chi connectivity index (χ4n) is 3.45. The number of nitrogens with one attached hydrogen (secondary N) is 3. The minimum absolute atomic E-state index is 0.0593. The number of Topliss-reactive ketones (excluding diaryl/α,β-unsaturated/α-hetero) is 1. The van der Waals surface area contributed by atoms with Crippen molar-refractivity contribution in [2.75, 3.05) is 11.9 Å². The minimum atomic E-state index is -1.91. The van der Waals surface area contributed by atoms with Crippen molar-refractivity contribution in [3.05, 3.63) is 53.6 Å². The van der Waals surface area contributed by atoms with Crippen molar-refractivity contribution in [2.45, 2.75) is 58.7 Å². The summed E-state index contributed by atoms with van der Waals surface area (Å²) in [7, 11) is 0. The molecule has 0 saturated carbocycles. The van der Waals surface area contributed by atoms with Gasteiger partial charge in [0.05, 0.1) is 6.42 Å². The highest BCUT2D eigenvalue weighted by Gasteiger charge is 2.33. The van der Waals surface area contributed by atoms with E-state index in [-0.39, 0.29) is 17.5 Å². The van der Waals surface area contributed by atoms with Crippen molar-refractivity contribution in [3.8, 4) is 11.5 Å². The lowest BCUT2D eigenvalue weighted by atomic mass is 10.0. The molecule has 0 aliphatic heterocycles. The Bertz CT molecular complexity index is 1350. The Hall–Kier alpha value is -4.69. The van der Waals surface area contributed by atoms with Crippen LogP contribution in [-0.2, 0) is 28.7 Å². The van der Waals surface area contributed by atoms with Crippen LogP contribution in [0.1, 0.15) is 41.0 Å². The van der Waals surface area contributed by atoms with Gasteiger partial charge in [-0.3, -0.25) is 24.0 Å². The zero-order chi connectivity index (χ0) is 32.6. The molecule has 3 amide bonds. The largest absolute Gasteiger partial charge is 0.508 e. The number of carbonyl (C=O) groups is 5. The maximum atomic E-state index is 14.0. The number of ether oxygens (including phenoxy) is 2. The average molecular weight is 614 g/mol. The zero-order valence-electron chi connectivity index (χ0n) is 23.8. The van der Waals surface area contributed by atoms with Gasteiger partial charge in [0.15, 0.2) is 23.2 Å². The molecule has 2 unspecified atom stereocenters. The third-order valence-electron chi connectivity index (χ3n) is 5.49. The third-order valence-corrected chi connectivity index (χ3v) is 5.49. The van der Waals surface area contributed by atoms with Gasteiger partial charge in [-0.15, -0.1) is 0 Å². The lowest BCUT2D eigenvalue weighted by Gasteiger charge is -2.26. The maximum Gasteiger partial charge on any atom is 0.313 e. The van der Waals surface area contributed by atoms with Crippen LogP contribution in [0.5, 0.6) is 11.5 Å². The van der Waals surface area contributed by atoms with E-state index in [9.17, 15) is 46.6 Å². The maximum absolute atomic E-state index is 14.0. The molecule has 0 aliphatic carbocycles. The second-order valence-electron chi connectivity index (χ2n) is 10.6. The van der Waals surface area contributed by atoms with Gasteiger partial charge in [0.25, 0.3) is 0 Å². The molecule has 0 saturated heterocycles. The summed E-state index contributed by atoms with van der Waals surface area (Å²) in [6.07, 6.45) is -0.798. The first-order valence-corrected chi connectivity index (χ1v) is 12.8. The highest BCUT2D eigenvalue weighted by molar-refractivity contribution is 6.40. The van der Waals surface area contributed by atoms with Crippen molar-refractivity contribution in [1.29, 1.82) is 0 Å². The number of anilines is 1. The Labute approximate surface area is 243 Å². The Balaban J connectivity index is 2.22. The van der Waals surface area contributed by atoms with Gasteiger partial charge in [0, 0.05) is 11.8 Å². The third kappa shape index (κ3) is 10.3. The Morgan fingerprint density at radius 1 is 0.884 bits per heavy atom. The quantitative estimate of drug-likeness (QED) is 0.0990. The molecule has 0 spiro atoms. The van der Waals surface area contributed by atoms with Crippen molar-refractivity contribution in [1.82, 2.24) is 10.6 Å². The SMILES string of the molecule is CC(C)C(NC(=O)C(=O)Nc1ccc(O)cc1)C(=O)NC(CC(=O)OC(C)(C)C)C(=O)COc1c(F)c(F)cc(F)c1F. The predicted molar refractivity (Wildman–Crippen MR) is 143 cm³/mol. The van der Waals surface area contributed by atoms with Gasteiger partial charge >= 0.3 is 17.8 Å². The number of halogens is 4. The van der Waals surface area contributed by atoms with Gasteiger partial charge in [-0.1, -0.05) is 13.8 Å². The number of ketones is 1. The molecular weight excluding hydrogens is 582 g/mol. The first kappa shape index (κ1) is 34.5. The van der Waals surface area contributed by atoms with Crippen LogP contribution in [0.3, 0.4) is 0 Å². The van der Waals surface area contributed by atoms with E-state index in [0.717, 1.165) is 0 Å². The summed E-state index contributed by atoms with van der Waals surface area (Å²) in [4.78, 5) is 63.4. The molecule has 0 fully saturated rings. The molecule has 4 N–H and O–H groups in total. The summed E-state index contributed by atoms with van der Waals surface area (Å²) in [5, 5.41) is 16.0. The summed E-state index contributed by atoms with van der Waals surface area (Å²) in [5.74, 6) is -15.2. The summed E-state index contributed by atoms with van der Waals surface area (Å²) in [6, 6.07) is 1.91. The van der Waals surface area contributed by atoms with E-state index in [1.165, 1.54) is 58.9 Å². The first-order chi connectivity index (χ1) is 19.9. The second-order valence-corrected chi connectivity index (χ2v) is 10.6. The molecule has 0 radical (unpaired) electrons. The van der Waals surface area contributed by atoms with E-state index < -0.39 is 95.1 Å². The van der Waals surface area contributed by atoms with Crippen molar-refractivity contribution in [3.63, 3.8) is 0 Å². The van der Waals surface area contributed by atoms with Gasteiger partial charge in [0.1, 0.15) is 30.0 Å². The highest BCUT2D eigenvalue weighted by atomic mass is 19.2. The van der Waals surface area contributed by atoms with Gasteiger partial charge in [0.2, 0.25) is 17.5 Å². The number of amides is 3. The predicted octanol–water partition coefficient (Wildman–Crippen LogP) is 2.89. The van der Waals surface area contributed by atoms with Gasteiger partial charge < -0.3 is 30.5 Å². The molecule has 2 atom stereocenters. The number of hydrogen-bond donors (Lipinski definition) is 4. The number of benzene rings is 2. The molecule has 2 aromatic rings. The Morgan fingerprint density at radius 3 is 1.95 bits per heavy atom. The molecule has 11 nitrogen and oxygen atoms in total. The summed E-state index contributed by atoms with van der Waals surface area (Å²) in [5.41, 5.74) is -0.840. The molecule has 0 heterocycles. The van der Waals surface area contributed by atoms with E-state index in [1.54, 1.807) is 0 Å². The number of rotatable bonds is 11. The number of aromatic hydroxyl groups is 1. The number of carbonyl (C=O) groups excluding carboxylic acids is 5. The normalized spacial score (nSPS) is 12.6. The molecule has 15 heteroatoms. The lowest BCUT2D eigenvalue weighted by molar-refractivity contribution is -0.156. The fraction of sp³-hybridized carbons (Fsp3) is 0.393. The first-order valence-electron chi connectivity index (χ1n) is 12.8. The topological polar surface area (TPSA) is 160 Å². The van der Waals surface area contributed by atoms with Crippen LogP contribution in [0, 0.1) is 29.2 Å². The van der Waals surface area contributed by atoms with Gasteiger partial charge in [-0.2, -0.15) is 8.78 Å². The van der Waals surface area contributed by atoms with Crippen LogP contribution in [0.4, 0.5) is 23.2 Å². The van der Waals surface area contributed by atoms with Crippen LogP contribution in [0.2, 0.25) is 0 Å². The number of phenolic OH excluding ortho intramolecular Hbond substituents is 1. The second kappa shape index (κ2) is 14.5. The van der Waals surface area contributed by atoms with E-state index in [0.29, 0.717) is 0 Å². The molecule has 2 rings (SSSR count). The van der Waals surface area contributed by atoms with Crippen LogP contribution in [0.15, 0.2) is 30.3 Å². The van der Waals surface area contributed by atoms with Crippen molar-refractivity contribution in [2.24, 2.45) is 5.92 Å². The van der Waals surface area contributed by atoms with Gasteiger partial charge in [-0.25, -0.2) is 8.78 Å². The van der Waals surface area contributed by atoms with Gasteiger partial charge in [-0.05, 0) is 51.0 Å². The minimum Gasteiger partial charge on any atom is -0.508 e. The Morgan fingerprint density at radius 2 is 1.44 bits per heavy atom. The average Bonchev–Trinajstić information content (AvgIpc) is 2.89. The standard InChI is InChI=1S/C28H31F4N3O8/c1-13(2)23(35-27(41)26(40)33-14-6-8-15(36)9-7-14)25(39)34-18(11-20(38)43-28(3,4)5)19(37)12-42-24-21(31)16(29)10-17(30)22(24)32/h6-10,13,18,23,36H,11-12H2,1-5H3,(H,33,40)(H,34,39)(H,35,41). The van der Waals surface area contributed by atoms with Crippen LogP contribution in [0.25, 0.3) is 0 Å². The van der Waals surface area contributed by atoms with Crippen LogP contribution in [-0.4, -0.2) is 58.9 Å². The zero-order valence-corrected chi connectivity index (χ0v) is 23.8. The van der Waals surface area contributed by atoms with E-state index in [1.807, 2.05) is 0 Å². The smallest absolute Gasteiger partial charge is 0.313 e. The number of esters is 1. The van der Waals surface area contributed by atoms with Crippen molar-refractivity contribution >= 4 is 35.2 Å². The molecule has 234 valence electrons. The molecule has 0 bridgehead atoms. The summed E-state index contributed by atoms with van der Waals surface area (Å²) >= 11 is 0. The molecule has 43 heavy (non-hydrogen) atoms. The molecule has 2 aromatic carbocycles. The summed E-state index contributed by atoms with van der Waals surface area (Å²) < 4.78 is 64.9. The highest BCUT2D eigenvalue weighted by Crippen LogP contribution is 2.26. The monoisotopic (exact) mass is 613 g/mol. The van der Waals surface area contributed by atoms with E-state index >= 15 is 0 Å². The number of hydrogen-bond acceptors (Lipinski definition) is 8. The molecule has 0 aromatic heterocycles. The molecular formula is C28H31F4N3O8. The van der Waals surface area contributed by atoms with Crippen LogP contribution < -0.4 is 20.7 Å². The van der Waals surface area contributed by atoms with E-state index in [4.69, 9.17) is 4.74 Å². The molecule has 0 aliphatic rings. The fourth-order valence-corrected chi connectivity index (χ4v) is 3.45. The number of phenols is 1. The van der Waals surface area contributed by atoms with E-state index in [2.05, 4.69) is 20.7 Å².